The maximum Gasteiger partial charge on any atom is 0.141 e. The van der Waals surface area contributed by atoms with Gasteiger partial charge in [-0.15, -0.1) is 0 Å². The predicted molar refractivity (Wildman–Crippen MR) is 76.0 cm³/mol. The van der Waals surface area contributed by atoms with Gasteiger partial charge in [0.1, 0.15) is 11.5 Å². The number of aliphatic hydroxyl groups is 1. The Kier molecular flexibility index (Phi) is 4.04. The summed E-state index contributed by atoms with van der Waals surface area (Å²) >= 11 is 3.45. The average Bonchev–Trinajstić information content (AvgIpc) is 2.34. The largest absolute Gasteiger partial charge is 0.456 e. The van der Waals surface area contributed by atoms with Crippen LogP contribution >= 0.6 is 15.9 Å². The van der Waals surface area contributed by atoms with E-state index in [1.54, 1.807) is 6.92 Å². The number of ether oxygens (including phenoxy) is 1. The van der Waals surface area contributed by atoms with E-state index in [4.69, 9.17) is 4.74 Å². The van der Waals surface area contributed by atoms with Crippen LogP contribution in [0.3, 0.4) is 0 Å². The third-order valence-electron chi connectivity index (χ3n) is 2.69. The van der Waals surface area contributed by atoms with E-state index < -0.39 is 6.10 Å². The molecule has 1 atom stereocenters. The van der Waals surface area contributed by atoms with E-state index >= 15 is 0 Å². The molecule has 94 valence electrons. The monoisotopic (exact) mass is 306 g/mol. The van der Waals surface area contributed by atoms with Crippen LogP contribution in [0.25, 0.3) is 0 Å². The van der Waals surface area contributed by atoms with Gasteiger partial charge < -0.3 is 9.84 Å². The summed E-state index contributed by atoms with van der Waals surface area (Å²) in [5.74, 6) is 1.54. The molecule has 0 radical (unpaired) electrons. The molecule has 0 saturated carbocycles. The molecule has 0 aliphatic heterocycles. The molecule has 0 unspecified atom stereocenters. The van der Waals surface area contributed by atoms with E-state index in [1.807, 2.05) is 49.4 Å². The number of aliphatic hydroxyl groups excluding tert-OH is 1. The minimum absolute atomic E-state index is 0.477. The van der Waals surface area contributed by atoms with Crippen molar-refractivity contribution in [3.8, 4) is 11.5 Å². The van der Waals surface area contributed by atoms with Gasteiger partial charge in [-0.05, 0) is 59.6 Å². The highest BCUT2D eigenvalue weighted by atomic mass is 79.9. The number of aryl methyl sites for hydroxylation is 1. The molecule has 0 heterocycles. The maximum absolute atomic E-state index is 9.50. The SMILES string of the molecule is Cc1ccc(Oc2ccc([C@H](C)O)cc2Br)cc1. The molecule has 2 rings (SSSR count). The van der Waals surface area contributed by atoms with Crippen molar-refractivity contribution in [3.05, 3.63) is 58.1 Å². The van der Waals surface area contributed by atoms with Gasteiger partial charge in [0.2, 0.25) is 0 Å². The summed E-state index contributed by atoms with van der Waals surface area (Å²) < 4.78 is 6.61. The minimum atomic E-state index is -0.477. The Morgan fingerprint density at radius 2 is 1.78 bits per heavy atom. The number of halogens is 1. The van der Waals surface area contributed by atoms with Gasteiger partial charge in [0.05, 0.1) is 10.6 Å². The number of benzene rings is 2. The fraction of sp³-hybridized carbons (Fsp3) is 0.200. The molecule has 0 bridgehead atoms. The summed E-state index contributed by atoms with van der Waals surface area (Å²) in [4.78, 5) is 0. The summed E-state index contributed by atoms with van der Waals surface area (Å²) in [7, 11) is 0. The van der Waals surface area contributed by atoms with Crippen LogP contribution in [0.5, 0.6) is 11.5 Å². The quantitative estimate of drug-likeness (QED) is 0.897. The van der Waals surface area contributed by atoms with Gasteiger partial charge in [0.25, 0.3) is 0 Å². The lowest BCUT2D eigenvalue weighted by Gasteiger charge is -2.11. The smallest absolute Gasteiger partial charge is 0.141 e. The van der Waals surface area contributed by atoms with Crippen molar-refractivity contribution in [1.29, 1.82) is 0 Å². The zero-order valence-corrected chi connectivity index (χ0v) is 11.9. The van der Waals surface area contributed by atoms with Crippen molar-refractivity contribution >= 4 is 15.9 Å². The van der Waals surface area contributed by atoms with Gasteiger partial charge in [0, 0.05) is 0 Å². The summed E-state index contributed by atoms with van der Waals surface area (Å²) in [6.45, 7) is 3.78. The molecule has 0 aliphatic rings. The van der Waals surface area contributed by atoms with Gasteiger partial charge in [0.15, 0.2) is 0 Å². The molecule has 18 heavy (non-hydrogen) atoms. The molecule has 0 amide bonds. The van der Waals surface area contributed by atoms with Crippen molar-refractivity contribution < 1.29 is 9.84 Å². The molecule has 1 N–H and O–H groups in total. The van der Waals surface area contributed by atoms with Gasteiger partial charge >= 0.3 is 0 Å². The molecule has 0 fully saturated rings. The van der Waals surface area contributed by atoms with Crippen LogP contribution in [-0.2, 0) is 0 Å². The van der Waals surface area contributed by atoms with Gasteiger partial charge in [-0.3, -0.25) is 0 Å². The fourth-order valence-electron chi connectivity index (χ4n) is 1.59. The Bertz CT molecular complexity index is 533. The first-order chi connectivity index (χ1) is 8.56. The van der Waals surface area contributed by atoms with E-state index in [-0.39, 0.29) is 0 Å². The van der Waals surface area contributed by atoms with Crippen molar-refractivity contribution in [2.45, 2.75) is 20.0 Å². The van der Waals surface area contributed by atoms with E-state index in [2.05, 4.69) is 15.9 Å². The first kappa shape index (κ1) is 13.1. The molecular formula is C15H15BrO2. The first-order valence-corrected chi connectivity index (χ1v) is 6.57. The van der Waals surface area contributed by atoms with Gasteiger partial charge in [-0.2, -0.15) is 0 Å². The standard InChI is InChI=1S/C15H15BrO2/c1-10-3-6-13(7-4-10)18-15-8-5-12(11(2)17)9-14(15)16/h3-9,11,17H,1-2H3/t11-/m0/s1. The molecule has 0 spiro atoms. The normalized spacial score (nSPS) is 12.2. The Hall–Kier alpha value is -1.32. The van der Waals surface area contributed by atoms with Crippen LogP contribution in [0.4, 0.5) is 0 Å². The second-order valence-corrected chi connectivity index (χ2v) is 5.14. The Labute approximate surface area is 115 Å². The average molecular weight is 307 g/mol. The van der Waals surface area contributed by atoms with E-state index in [0.29, 0.717) is 0 Å². The molecule has 0 aromatic heterocycles. The zero-order chi connectivity index (χ0) is 13.1. The molecule has 2 nitrogen and oxygen atoms in total. The highest BCUT2D eigenvalue weighted by molar-refractivity contribution is 9.10. The van der Waals surface area contributed by atoms with Crippen LogP contribution in [0.15, 0.2) is 46.9 Å². The molecule has 0 saturated heterocycles. The van der Waals surface area contributed by atoms with Crippen molar-refractivity contribution in [2.75, 3.05) is 0 Å². The highest BCUT2D eigenvalue weighted by Crippen LogP contribution is 2.32. The number of hydrogen-bond donors (Lipinski definition) is 1. The lowest BCUT2D eigenvalue weighted by Crippen LogP contribution is -1.92. The molecule has 3 heteroatoms. The zero-order valence-electron chi connectivity index (χ0n) is 10.4. The third kappa shape index (κ3) is 3.12. The van der Waals surface area contributed by atoms with Crippen LogP contribution < -0.4 is 4.74 Å². The van der Waals surface area contributed by atoms with E-state index in [0.717, 1.165) is 21.5 Å². The number of rotatable bonds is 3. The highest BCUT2D eigenvalue weighted by Gasteiger charge is 2.07. The van der Waals surface area contributed by atoms with Gasteiger partial charge in [-0.25, -0.2) is 0 Å². The summed E-state index contributed by atoms with van der Waals surface area (Å²) in [5.41, 5.74) is 2.06. The van der Waals surface area contributed by atoms with Crippen molar-refractivity contribution in [2.24, 2.45) is 0 Å². The molecule has 2 aromatic carbocycles. The molecule has 0 aliphatic carbocycles. The second-order valence-electron chi connectivity index (χ2n) is 4.28. The maximum atomic E-state index is 9.50. The first-order valence-electron chi connectivity index (χ1n) is 5.78. The third-order valence-corrected chi connectivity index (χ3v) is 3.31. The Balaban J connectivity index is 2.22. The molecule has 2 aromatic rings. The topological polar surface area (TPSA) is 29.5 Å². The Morgan fingerprint density at radius 1 is 1.11 bits per heavy atom. The number of hydrogen-bond acceptors (Lipinski definition) is 2. The molecular weight excluding hydrogens is 292 g/mol. The van der Waals surface area contributed by atoms with Crippen LogP contribution in [-0.4, -0.2) is 5.11 Å². The van der Waals surface area contributed by atoms with Crippen molar-refractivity contribution in [3.63, 3.8) is 0 Å². The summed E-state index contributed by atoms with van der Waals surface area (Å²) in [6, 6.07) is 13.5. The summed E-state index contributed by atoms with van der Waals surface area (Å²) in [6.07, 6.45) is -0.477. The lowest BCUT2D eigenvalue weighted by molar-refractivity contribution is 0.199. The summed E-state index contributed by atoms with van der Waals surface area (Å²) in [5, 5.41) is 9.50. The van der Waals surface area contributed by atoms with Crippen LogP contribution in [0, 0.1) is 6.92 Å². The lowest BCUT2D eigenvalue weighted by atomic mass is 10.1. The predicted octanol–water partition coefficient (Wildman–Crippen LogP) is 4.60. The minimum Gasteiger partial charge on any atom is -0.456 e. The second kappa shape index (κ2) is 5.55. The van der Waals surface area contributed by atoms with Crippen molar-refractivity contribution in [1.82, 2.24) is 0 Å². The van der Waals surface area contributed by atoms with E-state index in [9.17, 15) is 5.11 Å². The van der Waals surface area contributed by atoms with Crippen LogP contribution in [0.1, 0.15) is 24.2 Å². The van der Waals surface area contributed by atoms with Crippen LogP contribution in [0.2, 0.25) is 0 Å². The fourth-order valence-corrected chi connectivity index (χ4v) is 2.07. The van der Waals surface area contributed by atoms with E-state index in [1.165, 1.54) is 5.56 Å². The van der Waals surface area contributed by atoms with Gasteiger partial charge in [-0.1, -0.05) is 23.8 Å². The Morgan fingerprint density at radius 3 is 2.33 bits per heavy atom.